The van der Waals surface area contributed by atoms with Crippen molar-refractivity contribution in [1.29, 1.82) is 0 Å². The summed E-state index contributed by atoms with van der Waals surface area (Å²) in [6.45, 7) is 2.77. The van der Waals surface area contributed by atoms with Crippen LogP contribution in [0.2, 0.25) is 0 Å². The molecule has 3 heteroatoms. The minimum atomic E-state index is 0.0748. The molecule has 0 unspecified atom stereocenters. The van der Waals surface area contributed by atoms with Crippen LogP contribution in [0.4, 0.5) is 0 Å². The largest absolute Gasteiger partial charge is 0.392 e. The predicted octanol–water partition coefficient (Wildman–Crippen LogP) is 5.74. The summed E-state index contributed by atoms with van der Waals surface area (Å²) in [6, 6.07) is 21.1. The lowest BCUT2D eigenvalue weighted by Crippen LogP contribution is -2.01. The molecule has 4 rings (SSSR count). The van der Waals surface area contributed by atoms with E-state index in [0.29, 0.717) is 6.54 Å². The highest BCUT2D eigenvalue weighted by Crippen LogP contribution is 2.32. The zero-order valence-corrected chi connectivity index (χ0v) is 16.0. The molecule has 0 spiro atoms. The van der Waals surface area contributed by atoms with E-state index in [1.54, 1.807) is 0 Å². The van der Waals surface area contributed by atoms with Gasteiger partial charge in [-0.3, -0.25) is 4.98 Å². The Hall–Kier alpha value is -3.17. The standard InChI is InChI=1S/C25H24N2O/c1-2-3-8-19(18-28)14-16-27-24-13-12-20-9-4-5-10-21(20)22(24)17-25(27)23-11-6-7-15-26-23/h2-7,9-15,17,28H,8,16,18H2,1H3/b3-2-,19-14+. The molecule has 2 heterocycles. The van der Waals surface area contributed by atoms with Gasteiger partial charge in [0, 0.05) is 23.6 Å². The number of benzene rings is 2. The van der Waals surface area contributed by atoms with Gasteiger partial charge in [-0.25, -0.2) is 0 Å². The summed E-state index contributed by atoms with van der Waals surface area (Å²) < 4.78 is 2.29. The van der Waals surface area contributed by atoms with Crippen molar-refractivity contribution >= 4 is 21.7 Å². The number of fused-ring (bicyclic) bond motifs is 3. The highest BCUT2D eigenvalue weighted by atomic mass is 16.3. The Balaban J connectivity index is 1.89. The van der Waals surface area contributed by atoms with Crippen LogP contribution in [0.1, 0.15) is 13.3 Å². The molecule has 0 aliphatic carbocycles. The molecule has 0 saturated carbocycles. The normalized spacial score (nSPS) is 12.4. The maximum absolute atomic E-state index is 9.70. The van der Waals surface area contributed by atoms with Crippen LogP contribution >= 0.6 is 0 Å². The number of allylic oxidation sites excluding steroid dienone is 3. The van der Waals surface area contributed by atoms with Crippen molar-refractivity contribution in [3.05, 3.63) is 90.7 Å². The number of pyridine rings is 1. The van der Waals surface area contributed by atoms with Gasteiger partial charge in [0.25, 0.3) is 0 Å². The van der Waals surface area contributed by atoms with Crippen molar-refractivity contribution in [2.75, 3.05) is 6.61 Å². The number of hydrogen-bond donors (Lipinski definition) is 1. The van der Waals surface area contributed by atoms with E-state index >= 15 is 0 Å². The molecule has 3 nitrogen and oxygen atoms in total. The highest BCUT2D eigenvalue weighted by Gasteiger charge is 2.13. The zero-order valence-electron chi connectivity index (χ0n) is 16.0. The Morgan fingerprint density at radius 3 is 2.68 bits per heavy atom. The molecular weight excluding hydrogens is 344 g/mol. The first-order valence-electron chi connectivity index (χ1n) is 9.64. The van der Waals surface area contributed by atoms with E-state index in [0.717, 1.165) is 23.4 Å². The molecule has 1 N–H and O–H groups in total. The molecule has 0 radical (unpaired) electrons. The van der Waals surface area contributed by atoms with Crippen LogP contribution in [0.25, 0.3) is 33.1 Å². The van der Waals surface area contributed by atoms with E-state index in [2.05, 4.69) is 64.2 Å². The molecular formula is C25H24N2O. The molecule has 0 bridgehead atoms. The van der Waals surface area contributed by atoms with Gasteiger partial charge >= 0.3 is 0 Å². The minimum Gasteiger partial charge on any atom is -0.392 e. The molecule has 0 amide bonds. The topological polar surface area (TPSA) is 38.0 Å². The number of aromatic nitrogens is 2. The minimum absolute atomic E-state index is 0.0748. The average Bonchev–Trinajstić information content (AvgIpc) is 3.13. The maximum Gasteiger partial charge on any atom is 0.0866 e. The Bertz CT molecular complexity index is 1150. The lowest BCUT2D eigenvalue weighted by Gasteiger charge is -2.10. The second-order valence-electron chi connectivity index (χ2n) is 6.87. The van der Waals surface area contributed by atoms with Gasteiger partial charge in [-0.15, -0.1) is 0 Å². The van der Waals surface area contributed by atoms with E-state index in [1.807, 2.05) is 37.4 Å². The summed E-state index contributed by atoms with van der Waals surface area (Å²) >= 11 is 0. The third kappa shape index (κ3) is 3.49. The van der Waals surface area contributed by atoms with Crippen molar-refractivity contribution in [2.24, 2.45) is 0 Å². The molecule has 2 aromatic heterocycles. The Labute approximate surface area is 165 Å². The number of aliphatic hydroxyl groups is 1. The first-order valence-corrected chi connectivity index (χ1v) is 9.64. The third-order valence-corrected chi connectivity index (χ3v) is 5.12. The van der Waals surface area contributed by atoms with Crippen molar-refractivity contribution in [3.8, 4) is 11.4 Å². The van der Waals surface area contributed by atoms with Crippen molar-refractivity contribution in [1.82, 2.24) is 9.55 Å². The first kappa shape index (κ1) is 18.2. The maximum atomic E-state index is 9.70. The van der Waals surface area contributed by atoms with Crippen LogP contribution in [0.15, 0.2) is 90.7 Å². The van der Waals surface area contributed by atoms with Crippen LogP contribution in [-0.4, -0.2) is 21.3 Å². The van der Waals surface area contributed by atoms with Crippen LogP contribution in [-0.2, 0) is 6.54 Å². The zero-order chi connectivity index (χ0) is 19.3. The fourth-order valence-corrected chi connectivity index (χ4v) is 3.64. The quantitative estimate of drug-likeness (QED) is 0.441. The molecule has 0 fully saturated rings. The van der Waals surface area contributed by atoms with Crippen LogP contribution in [0, 0.1) is 0 Å². The van der Waals surface area contributed by atoms with Gasteiger partial charge in [0.2, 0.25) is 0 Å². The van der Waals surface area contributed by atoms with E-state index in [-0.39, 0.29) is 6.61 Å². The number of hydrogen-bond acceptors (Lipinski definition) is 2. The summed E-state index contributed by atoms with van der Waals surface area (Å²) in [5, 5.41) is 13.4. The summed E-state index contributed by atoms with van der Waals surface area (Å²) in [7, 11) is 0. The van der Waals surface area contributed by atoms with Gasteiger partial charge in [0.15, 0.2) is 0 Å². The monoisotopic (exact) mass is 368 g/mol. The summed E-state index contributed by atoms with van der Waals surface area (Å²) in [5.74, 6) is 0. The van der Waals surface area contributed by atoms with Gasteiger partial charge in [-0.2, -0.15) is 0 Å². The SMILES string of the molecule is C/C=C\C/C(=C\Cn1c(-c2ccccn2)cc2c3ccccc3ccc21)CO. The van der Waals surface area contributed by atoms with E-state index in [4.69, 9.17) is 0 Å². The van der Waals surface area contributed by atoms with Crippen molar-refractivity contribution in [2.45, 2.75) is 19.9 Å². The van der Waals surface area contributed by atoms with Crippen LogP contribution in [0.5, 0.6) is 0 Å². The summed E-state index contributed by atoms with van der Waals surface area (Å²) in [4.78, 5) is 4.58. The molecule has 0 saturated heterocycles. The molecule has 28 heavy (non-hydrogen) atoms. The Morgan fingerprint density at radius 1 is 1.04 bits per heavy atom. The first-order chi connectivity index (χ1) is 13.8. The van der Waals surface area contributed by atoms with E-state index < -0.39 is 0 Å². The van der Waals surface area contributed by atoms with Gasteiger partial charge < -0.3 is 9.67 Å². The number of rotatable bonds is 6. The van der Waals surface area contributed by atoms with Crippen molar-refractivity contribution < 1.29 is 5.11 Å². The molecule has 140 valence electrons. The van der Waals surface area contributed by atoms with Crippen LogP contribution < -0.4 is 0 Å². The second kappa shape index (κ2) is 8.24. The Kier molecular flexibility index (Phi) is 5.36. The van der Waals surface area contributed by atoms with Crippen LogP contribution in [0.3, 0.4) is 0 Å². The average molecular weight is 368 g/mol. The number of nitrogens with zero attached hydrogens (tertiary/aromatic N) is 2. The number of aliphatic hydroxyl groups excluding tert-OH is 1. The third-order valence-electron chi connectivity index (χ3n) is 5.12. The van der Waals surface area contributed by atoms with Gasteiger partial charge in [-0.1, -0.05) is 54.6 Å². The Morgan fingerprint density at radius 2 is 1.89 bits per heavy atom. The fraction of sp³-hybridized carbons (Fsp3) is 0.160. The predicted molar refractivity (Wildman–Crippen MR) is 117 cm³/mol. The molecule has 0 aliphatic rings. The lowest BCUT2D eigenvalue weighted by molar-refractivity contribution is 0.328. The highest BCUT2D eigenvalue weighted by molar-refractivity contribution is 6.08. The van der Waals surface area contributed by atoms with Gasteiger partial charge in [0.1, 0.15) is 0 Å². The van der Waals surface area contributed by atoms with Gasteiger partial charge in [0.05, 0.1) is 18.0 Å². The van der Waals surface area contributed by atoms with E-state index in [9.17, 15) is 5.11 Å². The molecule has 2 aromatic carbocycles. The van der Waals surface area contributed by atoms with E-state index in [1.165, 1.54) is 21.7 Å². The molecule has 4 aromatic rings. The fourth-order valence-electron chi connectivity index (χ4n) is 3.64. The summed E-state index contributed by atoms with van der Waals surface area (Å²) in [6.07, 6.45) is 8.81. The second-order valence-corrected chi connectivity index (χ2v) is 6.87. The van der Waals surface area contributed by atoms with Gasteiger partial charge in [-0.05, 0) is 54.0 Å². The molecule has 0 aliphatic heterocycles. The summed E-state index contributed by atoms with van der Waals surface area (Å²) in [5.41, 5.74) is 4.24. The van der Waals surface area contributed by atoms with Crippen molar-refractivity contribution in [3.63, 3.8) is 0 Å². The molecule has 0 atom stereocenters. The lowest BCUT2D eigenvalue weighted by atomic mass is 10.1. The smallest absolute Gasteiger partial charge is 0.0866 e.